The number of rotatable bonds is 4. The Morgan fingerprint density at radius 1 is 1.15 bits per heavy atom. The van der Waals surface area contributed by atoms with Gasteiger partial charge in [0.15, 0.2) is 0 Å². The Kier molecular flexibility index (Phi) is 4.90. The summed E-state index contributed by atoms with van der Waals surface area (Å²) in [6.45, 7) is -0.408. The van der Waals surface area contributed by atoms with Crippen LogP contribution >= 0.6 is 11.3 Å². The van der Waals surface area contributed by atoms with Crippen LogP contribution in [-0.2, 0) is 4.74 Å². The number of aliphatic hydroxyl groups excluding tert-OH is 3. The van der Waals surface area contributed by atoms with Crippen molar-refractivity contribution in [1.29, 1.82) is 0 Å². The van der Waals surface area contributed by atoms with Gasteiger partial charge >= 0.3 is 0 Å². The number of hydrogen-bond acceptors (Lipinski definition) is 7. The molecule has 1 amide bonds. The number of aliphatic hydroxyl groups is 3. The number of carbonyl (C=O) groups is 1. The predicted octanol–water partition coefficient (Wildman–Crippen LogP) is 1.70. The summed E-state index contributed by atoms with van der Waals surface area (Å²) >= 11 is 1.16. The lowest BCUT2D eigenvalue weighted by molar-refractivity contribution is -0.0228. The molecule has 1 saturated heterocycles. The summed E-state index contributed by atoms with van der Waals surface area (Å²) in [7, 11) is 0. The van der Waals surface area contributed by atoms with E-state index in [1.54, 1.807) is 5.38 Å². The van der Waals surface area contributed by atoms with E-state index in [1.807, 2.05) is 42.5 Å². The lowest BCUT2D eigenvalue weighted by Gasteiger charge is -2.11. The maximum atomic E-state index is 12.6. The zero-order valence-electron chi connectivity index (χ0n) is 14.1. The van der Waals surface area contributed by atoms with Crippen molar-refractivity contribution in [3.8, 4) is 0 Å². The highest BCUT2D eigenvalue weighted by Crippen LogP contribution is 2.35. The highest BCUT2D eigenvalue weighted by molar-refractivity contribution is 7.09. The fraction of sp³-hybridized carbons (Fsp3) is 0.263. The highest BCUT2D eigenvalue weighted by atomic mass is 32.1. The minimum absolute atomic E-state index is 0.195. The van der Waals surface area contributed by atoms with Crippen LogP contribution in [0.15, 0.2) is 47.8 Å². The predicted molar refractivity (Wildman–Crippen MR) is 101 cm³/mol. The van der Waals surface area contributed by atoms with Gasteiger partial charge in [-0.25, -0.2) is 4.98 Å². The van der Waals surface area contributed by atoms with Crippen LogP contribution in [0.2, 0.25) is 0 Å². The van der Waals surface area contributed by atoms with Crippen molar-refractivity contribution >= 4 is 33.7 Å². The van der Waals surface area contributed by atoms with Crippen molar-refractivity contribution in [2.75, 3.05) is 11.9 Å². The van der Waals surface area contributed by atoms with Crippen LogP contribution in [0.4, 0.5) is 5.69 Å². The van der Waals surface area contributed by atoms with E-state index in [-0.39, 0.29) is 11.6 Å². The van der Waals surface area contributed by atoms with Gasteiger partial charge in [0.25, 0.3) is 5.91 Å². The van der Waals surface area contributed by atoms with Gasteiger partial charge in [0.1, 0.15) is 35.1 Å². The lowest BCUT2D eigenvalue weighted by Crippen LogP contribution is -2.32. The molecular weight excluding hydrogens is 368 g/mol. The third-order valence-corrected chi connectivity index (χ3v) is 5.48. The summed E-state index contributed by atoms with van der Waals surface area (Å²) < 4.78 is 5.46. The Balaban J connectivity index is 1.54. The summed E-state index contributed by atoms with van der Waals surface area (Å²) in [4.78, 5) is 16.8. The monoisotopic (exact) mass is 386 g/mol. The Labute approximate surface area is 158 Å². The molecule has 2 aromatic carbocycles. The van der Waals surface area contributed by atoms with E-state index >= 15 is 0 Å². The second-order valence-corrected chi connectivity index (χ2v) is 7.20. The van der Waals surface area contributed by atoms with Gasteiger partial charge < -0.3 is 25.4 Å². The molecule has 27 heavy (non-hydrogen) atoms. The van der Waals surface area contributed by atoms with Crippen molar-refractivity contribution in [3.05, 3.63) is 58.5 Å². The first kappa shape index (κ1) is 18.0. The van der Waals surface area contributed by atoms with Crippen molar-refractivity contribution in [1.82, 2.24) is 4.98 Å². The average Bonchev–Trinajstić information content (AvgIpc) is 3.28. The van der Waals surface area contributed by atoms with E-state index in [1.165, 1.54) is 0 Å². The maximum Gasteiger partial charge on any atom is 0.275 e. The third-order valence-electron chi connectivity index (χ3n) is 4.58. The molecule has 0 bridgehead atoms. The first-order valence-corrected chi connectivity index (χ1v) is 9.33. The number of hydrogen-bond donors (Lipinski definition) is 4. The van der Waals surface area contributed by atoms with Gasteiger partial charge in [-0.1, -0.05) is 36.4 Å². The van der Waals surface area contributed by atoms with Crippen LogP contribution in [0, 0.1) is 0 Å². The molecule has 4 atom stereocenters. The highest BCUT2D eigenvalue weighted by Gasteiger charge is 2.44. The number of carbonyl (C=O) groups excluding carboxylic acids is 1. The normalized spacial score (nSPS) is 25.0. The zero-order chi connectivity index (χ0) is 19.0. The molecule has 0 spiro atoms. The quantitative estimate of drug-likeness (QED) is 0.543. The second-order valence-electron chi connectivity index (χ2n) is 6.31. The Bertz CT molecular complexity index is 970. The van der Waals surface area contributed by atoms with E-state index < -0.39 is 31.0 Å². The van der Waals surface area contributed by atoms with E-state index in [4.69, 9.17) is 4.74 Å². The summed E-state index contributed by atoms with van der Waals surface area (Å²) in [6, 6.07) is 13.4. The van der Waals surface area contributed by atoms with Crippen molar-refractivity contribution in [2.45, 2.75) is 24.4 Å². The number of amides is 1. The maximum absolute atomic E-state index is 12.6. The van der Waals surface area contributed by atoms with E-state index in [0.717, 1.165) is 22.1 Å². The van der Waals surface area contributed by atoms with Crippen molar-refractivity contribution in [3.63, 3.8) is 0 Å². The van der Waals surface area contributed by atoms with Crippen LogP contribution in [-0.4, -0.2) is 51.1 Å². The smallest absolute Gasteiger partial charge is 0.275 e. The number of nitrogens with zero attached hydrogens (tertiary/aromatic N) is 1. The molecule has 140 valence electrons. The topological polar surface area (TPSA) is 112 Å². The van der Waals surface area contributed by atoms with Crippen LogP contribution in [0.1, 0.15) is 21.6 Å². The first-order chi connectivity index (χ1) is 13.1. The molecule has 0 aliphatic carbocycles. The van der Waals surface area contributed by atoms with E-state index in [2.05, 4.69) is 10.3 Å². The van der Waals surface area contributed by atoms with Crippen LogP contribution in [0.25, 0.3) is 10.8 Å². The fourth-order valence-electron chi connectivity index (χ4n) is 3.15. The average molecular weight is 386 g/mol. The summed E-state index contributed by atoms with van der Waals surface area (Å²) in [6.07, 6.45) is -4.15. The molecule has 1 aliphatic heterocycles. The molecule has 2 heterocycles. The molecule has 8 heteroatoms. The molecule has 0 radical (unpaired) electrons. The molecule has 1 aromatic heterocycles. The minimum Gasteiger partial charge on any atom is -0.394 e. The van der Waals surface area contributed by atoms with Gasteiger partial charge in [-0.15, -0.1) is 11.3 Å². The third kappa shape index (κ3) is 3.33. The number of thiazole rings is 1. The summed E-state index contributed by atoms with van der Waals surface area (Å²) in [5, 5.41) is 35.9. The molecule has 3 aromatic rings. The van der Waals surface area contributed by atoms with Gasteiger partial charge in [-0.05, 0) is 11.5 Å². The number of anilines is 1. The lowest BCUT2D eigenvalue weighted by atomic mass is 10.1. The molecule has 0 unspecified atom stereocenters. The van der Waals surface area contributed by atoms with Gasteiger partial charge in [0.05, 0.1) is 6.61 Å². The molecule has 7 nitrogen and oxygen atoms in total. The fourth-order valence-corrected chi connectivity index (χ4v) is 4.02. The standard InChI is InChI=1S/C19H18N2O5S/c22-8-14-15(23)16(24)17(26-14)19-21-13(9-27-19)18(25)20-12-7-3-5-10-4-1-2-6-11(10)12/h1-7,9,14-17,22-24H,8H2,(H,20,25)/t14-,15-,16-,17-/m1/s1. The second kappa shape index (κ2) is 7.34. The Morgan fingerprint density at radius 2 is 1.93 bits per heavy atom. The van der Waals surface area contributed by atoms with Gasteiger partial charge in [0.2, 0.25) is 0 Å². The number of aromatic nitrogens is 1. The molecular formula is C19H18N2O5S. The molecule has 0 saturated carbocycles. The summed E-state index contributed by atoms with van der Waals surface area (Å²) in [5.74, 6) is -0.374. The van der Waals surface area contributed by atoms with E-state index in [0.29, 0.717) is 10.7 Å². The van der Waals surface area contributed by atoms with Crippen molar-refractivity contribution < 1.29 is 24.9 Å². The Hall–Kier alpha value is -2.36. The number of benzene rings is 2. The number of nitrogens with one attached hydrogen (secondary N) is 1. The van der Waals surface area contributed by atoms with Gasteiger partial charge in [-0.3, -0.25) is 4.79 Å². The molecule has 4 N–H and O–H groups in total. The van der Waals surface area contributed by atoms with E-state index in [9.17, 15) is 20.1 Å². The number of ether oxygens (including phenoxy) is 1. The molecule has 1 fully saturated rings. The summed E-state index contributed by atoms with van der Waals surface area (Å²) in [5.41, 5.74) is 0.876. The van der Waals surface area contributed by atoms with Crippen molar-refractivity contribution in [2.24, 2.45) is 0 Å². The van der Waals surface area contributed by atoms with Crippen LogP contribution < -0.4 is 5.32 Å². The SMILES string of the molecule is O=C(Nc1cccc2ccccc12)c1csc([C@@H]2O[C@H](CO)[C@@H](O)[C@H]2O)n1. The van der Waals surface area contributed by atoms with Crippen LogP contribution in [0.5, 0.6) is 0 Å². The minimum atomic E-state index is -1.21. The van der Waals surface area contributed by atoms with Gasteiger partial charge in [0, 0.05) is 16.5 Å². The Morgan fingerprint density at radius 3 is 2.70 bits per heavy atom. The largest absolute Gasteiger partial charge is 0.394 e. The number of fused-ring (bicyclic) bond motifs is 1. The molecule has 1 aliphatic rings. The van der Waals surface area contributed by atoms with Gasteiger partial charge in [-0.2, -0.15) is 0 Å². The first-order valence-electron chi connectivity index (χ1n) is 8.45. The van der Waals surface area contributed by atoms with Crippen LogP contribution in [0.3, 0.4) is 0 Å². The zero-order valence-corrected chi connectivity index (χ0v) is 15.0. The molecule has 4 rings (SSSR count).